The number of nitrogens with one attached hydrogen (secondary N) is 1. The molecule has 3 N–H and O–H groups in total. The van der Waals surface area contributed by atoms with Crippen LogP contribution in [0.15, 0.2) is 73.4 Å². The monoisotopic (exact) mass is 446 g/mol. The van der Waals surface area contributed by atoms with E-state index >= 15 is 0 Å². The van der Waals surface area contributed by atoms with Gasteiger partial charge in [-0.15, -0.1) is 11.3 Å². The van der Waals surface area contributed by atoms with Crippen molar-refractivity contribution in [3.05, 3.63) is 90.0 Å². The molecule has 3 aromatic heterocycles. The van der Waals surface area contributed by atoms with E-state index < -0.39 is 11.6 Å². The number of thiophene rings is 1. The van der Waals surface area contributed by atoms with Crippen molar-refractivity contribution >= 4 is 38.9 Å². The molecule has 0 aliphatic heterocycles. The first-order chi connectivity index (χ1) is 15.5. The lowest BCUT2D eigenvalue weighted by Gasteiger charge is -2.11. The van der Waals surface area contributed by atoms with Crippen LogP contribution in [0, 0.1) is 11.6 Å². The zero-order valence-electron chi connectivity index (χ0n) is 16.6. The first-order valence-electron chi connectivity index (χ1n) is 9.58. The maximum Gasteiger partial charge on any atom is 0.169 e. The number of nitrogens with zero attached hydrogens (tertiary/aromatic N) is 4. The van der Waals surface area contributed by atoms with Crippen LogP contribution in [0.2, 0.25) is 0 Å². The van der Waals surface area contributed by atoms with Gasteiger partial charge in [0.25, 0.3) is 0 Å². The molecular formula is C23H16F2N6S. The molecule has 0 radical (unpaired) electrons. The average molecular weight is 446 g/mol. The Morgan fingerprint density at radius 3 is 2.56 bits per heavy atom. The van der Waals surface area contributed by atoms with Gasteiger partial charge in [-0.1, -0.05) is 36.9 Å². The lowest BCUT2D eigenvalue weighted by atomic mass is 10.2. The molecule has 0 aliphatic carbocycles. The van der Waals surface area contributed by atoms with Gasteiger partial charge in [0, 0.05) is 17.3 Å². The summed E-state index contributed by atoms with van der Waals surface area (Å²) in [4.78, 5) is 10.2. The number of nitrogen functional groups attached to an aromatic ring is 1. The lowest BCUT2D eigenvalue weighted by Crippen LogP contribution is -2.05. The van der Waals surface area contributed by atoms with Crippen LogP contribution in [0.5, 0.6) is 0 Å². The molecular weight excluding hydrogens is 430 g/mol. The number of fused-ring (bicyclic) bond motifs is 1. The van der Waals surface area contributed by atoms with Gasteiger partial charge in [0.15, 0.2) is 17.3 Å². The Labute approximate surface area is 185 Å². The average Bonchev–Trinajstić information content (AvgIpc) is 3.41. The highest BCUT2D eigenvalue weighted by atomic mass is 32.1. The highest BCUT2D eigenvalue weighted by Gasteiger charge is 2.18. The van der Waals surface area contributed by atoms with Crippen LogP contribution in [0.25, 0.3) is 33.8 Å². The Morgan fingerprint density at radius 1 is 1.03 bits per heavy atom. The third kappa shape index (κ3) is 3.58. The van der Waals surface area contributed by atoms with Gasteiger partial charge in [-0.3, -0.25) is 0 Å². The number of nitrogens with two attached hydrogens (primary N) is 1. The summed E-state index contributed by atoms with van der Waals surface area (Å²) in [7, 11) is 0. The van der Waals surface area contributed by atoms with Crippen molar-refractivity contribution in [1.29, 1.82) is 0 Å². The second-order valence-corrected chi connectivity index (χ2v) is 8.07. The van der Waals surface area contributed by atoms with Gasteiger partial charge < -0.3 is 11.1 Å². The molecule has 0 unspecified atom stereocenters. The zero-order chi connectivity index (χ0) is 22.2. The van der Waals surface area contributed by atoms with Crippen LogP contribution in [0.1, 0.15) is 4.88 Å². The highest BCUT2D eigenvalue weighted by Crippen LogP contribution is 2.31. The molecule has 0 bridgehead atoms. The molecule has 0 spiro atoms. The topological polar surface area (TPSA) is 81.7 Å². The SMILES string of the molecule is C=C(Nc1nc(-c2ccccc2)nc2c1cnn2-c1ccc(F)cc1F)c1ccc(N)s1. The lowest BCUT2D eigenvalue weighted by molar-refractivity contribution is 0.574. The third-order valence-corrected chi connectivity index (χ3v) is 5.77. The van der Waals surface area contributed by atoms with Crippen molar-refractivity contribution in [3.63, 3.8) is 0 Å². The number of hydrogen-bond acceptors (Lipinski definition) is 6. The zero-order valence-corrected chi connectivity index (χ0v) is 17.4. The highest BCUT2D eigenvalue weighted by molar-refractivity contribution is 7.16. The van der Waals surface area contributed by atoms with Crippen molar-refractivity contribution in [2.24, 2.45) is 0 Å². The Kier molecular flexibility index (Phi) is 4.87. The number of aromatic nitrogens is 4. The molecule has 5 rings (SSSR count). The fourth-order valence-electron chi connectivity index (χ4n) is 3.27. The van der Waals surface area contributed by atoms with Gasteiger partial charge in [0.05, 0.1) is 21.5 Å². The van der Waals surface area contributed by atoms with Crippen LogP contribution in [0.3, 0.4) is 0 Å². The number of halogens is 2. The van der Waals surface area contributed by atoms with Crippen molar-refractivity contribution in [3.8, 4) is 17.1 Å². The Hall–Kier alpha value is -4.11. The van der Waals surface area contributed by atoms with Crippen LogP contribution in [-0.2, 0) is 0 Å². The number of anilines is 2. The van der Waals surface area contributed by atoms with Crippen LogP contribution >= 0.6 is 11.3 Å². The van der Waals surface area contributed by atoms with E-state index in [9.17, 15) is 8.78 Å². The summed E-state index contributed by atoms with van der Waals surface area (Å²) in [5.74, 6) is -0.540. The summed E-state index contributed by atoms with van der Waals surface area (Å²) in [6.45, 7) is 4.09. The molecule has 2 aromatic carbocycles. The number of hydrogen-bond donors (Lipinski definition) is 2. The molecule has 32 heavy (non-hydrogen) atoms. The molecule has 3 heterocycles. The summed E-state index contributed by atoms with van der Waals surface area (Å²) in [6.07, 6.45) is 1.53. The molecule has 0 saturated heterocycles. The smallest absolute Gasteiger partial charge is 0.169 e. The first kappa shape index (κ1) is 19.8. The van der Waals surface area contributed by atoms with E-state index in [1.807, 2.05) is 36.4 Å². The molecule has 0 amide bonds. The Morgan fingerprint density at radius 2 is 1.84 bits per heavy atom. The van der Waals surface area contributed by atoms with Crippen molar-refractivity contribution in [1.82, 2.24) is 19.7 Å². The van der Waals surface area contributed by atoms with Crippen LogP contribution in [-0.4, -0.2) is 19.7 Å². The van der Waals surface area contributed by atoms with Gasteiger partial charge in [-0.2, -0.15) is 5.10 Å². The van der Waals surface area contributed by atoms with Crippen LogP contribution in [0.4, 0.5) is 19.6 Å². The van der Waals surface area contributed by atoms with Gasteiger partial charge in [-0.25, -0.2) is 23.4 Å². The van der Waals surface area contributed by atoms with Crippen molar-refractivity contribution in [2.75, 3.05) is 11.1 Å². The molecule has 9 heteroatoms. The fraction of sp³-hybridized carbons (Fsp3) is 0. The van der Waals surface area contributed by atoms with Gasteiger partial charge in [0.2, 0.25) is 0 Å². The maximum absolute atomic E-state index is 14.5. The van der Waals surface area contributed by atoms with E-state index in [4.69, 9.17) is 5.73 Å². The van der Waals surface area contributed by atoms with E-state index in [-0.39, 0.29) is 5.69 Å². The van der Waals surface area contributed by atoms with E-state index in [2.05, 4.69) is 27.0 Å². The minimum absolute atomic E-state index is 0.0786. The van der Waals surface area contributed by atoms with Crippen molar-refractivity contribution in [2.45, 2.75) is 0 Å². The summed E-state index contributed by atoms with van der Waals surface area (Å²) in [5, 5.41) is 8.74. The third-order valence-electron chi connectivity index (χ3n) is 4.79. The molecule has 0 saturated carbocycles. The molecule has 6 nitrogen and oxygen atoms in total. The predicted octanol–water partition coefficient (Wildman–Crippen LogP) is 5.49. The summed E-state index contributed by atoms with van der Waals surface area (Å²) < 4.78 is 29.3. The summed E-state index contributed by atoms with van der Waals surface area (Å²) in [5.41, 5.74) is 7.66. The molecule has 0 aliphatic rings. The Balaban J connectivity index is 1.68. The number of benzene rings is 2. The van der Waals surface area contributed by atoms with E-state index in [0.29, 0.717) is 33.4 Å². The second kappa shape index (κ2) is 7.86. The normalized spacial score (nSPS) is 11.1. The summed E-state index contributed by atoms with van der Waals surface area (Å²) in [6, 6.07) is 16.4. The minimum Gasteiger partial charge on any atom is -0.391 e. The van der Waals surface area contributed by atoms with E-state index in [1.165, 1.54) is 34.3 Å². The van der Waals surface area contributed by atoms with Gasteiger partial charge >= 0.3 is 0 Å². The molecule has 158 valence electrons. The fourth-order valence-corrected chi connectivity index (χ4v) is 3.97. The largest absolute Gasteiger partial charge is 0.391 e. The quantitative estimate of drug-likeness (QED) is 0.373. The standard InChI is InChI=1S/C23H16F2N6S/c1-13(19-9-10-20(26)32-19)28-22-16-12-27-31(18-8-7-15(24)11-17(18)25)23(16)30-21(29-22)14-5-3-2-4-6-14/h2-12H,1,26H2,(H,28,29,30). The minimum atomic E-state index is -0.747. The summed E-state index contributed by atoms with van der Waals surface area (Å²) >= 11 is 1.39. The second-order valence-electron chi connectivity index (χ2n) is 6.96. The van der Waals surface area contributed by atoms with E-state index in [1.54, 1.807) is 6.07 Å². The molecule has 0 atom stereocenters. The van der Waals surface area contributed by atoms with Crippen molar-refractivity contribution < 1.29 is 8.78 Å². The maximum atomic E-state index is 14.5. The van der Waals surface area contributed by atoms with Crippen LogP contribution < -0.4 is 11.1 Å². The van der Waals surface area contributed by atoms with Gasteiger partial charge in [0.1, 0.15) is 17.3 Å². The Bertz CT molecular complexity index is 1460. The van der Waals surface area contributed by atoms with E-state index in [0.717, 1.165) is 16.5 Å². The number of rotatable bonds is 5. The van der Waals surface area contributed by atoms with Gasteiger partial charge in [-0.05, 0) is 24.3 Å². The first-order valence-corrected chi connectivity index (χ1v) is 10.4. The molecule has 0 fully saturated rings. The molecule has 5 aromatic rings. The predicted molar refractivity (Wildman–Crippen MR) is 123 cm³/mol.